The summed E-state index contributed by atoms with van der Waals surface area (Å²) in [6.07, 6.45) is 4.38. The van der Waals surface area contributed by atoms with E-state index in [4.69, 9.17) is 4.98 Å². The lowest BCUT2D eigenvalue weighted by molar-refractivity contribution is 0.0952. The summed E-state index contributed by atoms with van der Waals surface area (Å²) in [6, 6.07) is 21.4. The monoisotopic (exact) mass is 382 g/mol. The van der Waals surface area contributed by atoms with Crippen molar-refractivity contribution in [1.82, 2.24) is 15.3 Å². The molecule has 0 atom stereocenters. The van der Waals surface area contributed by atoms with Gasteiger partial charge < -0.3 is 10.6 Å². The zero-order valence-electron chi connectivity index (χ0n) is 16.2. The first kappa shape index (κ1) is 18.6. The first-order valence-electron chi connectivity index (χ1n) is 9.66. The first-order chi connectivity index (χ1) is 14.2. The largest absolute Gasteiger partial charge is 0.348 e. The van der Waals surface area contributed by atoms with Crippen LogP contribution in [0.2, 0.25) is 0 Å². The van der Waals surface area contributed by atoms with Crippen LogP contribution in [0.25, 0.3) is 10.9 Å². The third-order valence-corrected chi connectivity index (χ3v) is 4.80. The molecule has 0 aliphatic carbocycles. The number of fused-ring (bicyclic) bond motifs is 1. The molecule has 2 aromatic heterocycles. The van der Waals surface area contributed by atoms with E-state index in [9.17, 15) is 4.79 Å². The second-order valence-electron chi connectivity index (χ2n) is 6.75. The van der Waals surface area contributed by atoms with Gasteiger partial charge in [-0.15, -0.1) is 0 Å². The molecule has 0 radical (unpaired) electrons. The normalized spacial score (nSPS) is 10.7. The average Bonchev–Trinajstić information content (AvgIpc) is 2.78. The lowest BCUT2D eigenvalue weighted by Crippen LogP contribution is -2.23. The van der Waals surface area contributed by atoms with E-state index in [1.54, 1.807) is 12.4 Å². The molecule has 0 aliphatic rings. The number of amides is 1. The fourth-order valence-corrected chi connectivity index (χ4v) is 3.30. The van der Waals surface area contributed by atoms with Crippen LogP contribution in [0.5, 0.6) is 0 Å². The number of anilines is 2. The van der Waals surface area contributed by atoms with Gasteiger partial charge in [-0.05, 0) is 41.8 Å². The number of para-hydroxylation sites is 2. The molecule has 4 aromatic rings. The third kappa shape index (κ3) is 4.24. The van der Waals surface area contributed by atoms with E-state index in [0.29, 0.717) is 17.9 Å². The predicted molar refractivity (Wildman–Crippen MR) is 116 cm³/mol. The minimum atomic E-state index is -0.140. The molecule has 29 heavy (non-hydrogen) atoms. The van der Waals surface area contributed by atoms with Crippen LogP contribution in [0.1, 0.15) is 28.4 Å². The highest BCUT2D eigenvalue weighted by Gasteiger charge is 2.13. The van der Waals surface area contributed by atoms with Crippen molar-refractivity contribution in [3.63, 3.8) is 0 Å². The van der Waals surface area contributed by atoms with E-state index < -0.39 is 0 Å². The second-order valence-corrected chi connectivity index (χ2v) is 6.75. The van der Waals surface area contributed by atoms with Crippen molar-refractivity contribution in [2.75, 3.05) is 5.32 Å². The van der Waals surface area contributed by atoms with Crippen molar-refractivity contribution in [1.29, 1.82) is 0 Å². The Morgan fingerprint density at radius 3 is 2.66 bits per heavy atom. The Bertz CT molecular complexity index is 1140. The van der Waals surface area contributed by atoms with Crippen LogP contribution < -0.4 is 10.6 Å². The molecule has 0 saturated carbocycles. The number of rotatable bonds is 6. The summed E-state index contributed by atoms with van der Waals surface area (Å²) < 4.78 is 0. The molecule has 144 valence electrons. The number of benzene rings is 2. The molecule has 0 saturated heterocycles. The van der Waals surface area contributed by atoms with E-state index in [-0.39, 0.29) is 5.91 Å². The Morgan fingerprint density at radius 1 is 1.00 bits per heavy atom. The highest BCUT2D eigenvalue weighted by Crippen LogP contribution is 2.25. The molecule has 5 nitrogen and oxygen atoms in total. The van der Waals surface area contributed by atoms with Gasteiger partial charge >= 0.3 is 0 Å². The number of hydrogen-bond donors (Lipinski definition) is 2. The van der Waals surface area contributed by atoms with E-state index in [2.05, 4.69) is 28.6 Å². The third-order valence-electron chi connectivity index (χ3n) is 4.80. The molecule has 2 heterocycles. The van der Waals surface area contributed by atoms with Gasteiger partial charge in [0.05, 0.1) is 11.1 Å². The average molecular weight is 382 g/mol. The van der Waals surface area contributed by atoms with E-state index in [1.165, 1.54) is 5.56 Å². The van der Waals surface area contributed by atoms with E-state index in [1.807, 2.05) is 60.7 Å². The fraction of sp³-hybridized carbons (Fsp3) is 0.125. The summed E-state index contributed by atoms with van der Waals surface area (Å²) in [6.45, 7) is 2.54. The molecule has 0 bridgehead atoms. The number of carbonyl (C=O) groups is 1. The van der Waals surface area contributed by atoms with Crippen LogP contribution in [-0.2, 0) is 13.0 Å². The Morgan fingerprint density at radius 2 is 1.83 bits per heavy atom. The number of nitrogens with one attached hydrogen (secondary N) is 2. The summed E-state index contributed by atoms with van der Waals surface area (Å²) >= 11 is 0. The van der Waals surface area contributed by atoms with Crippen molar-refractivity contribution in [3.05, 3.63) is 95.8 Å². The highest BCUT2D eigenvalue weighted by atomic mass is 16.1. The number of aryl methyl sites for hydroxylation is 1. The second kappa shape index (κ2) is 8.52. The number of nitrogens with zero attached hydrogens (tertiary/aromatic N) is 2. The Labute approximate surface area is 169 Å². The zero-order chi connectivity index (χ0) is 20.1. The highest BCUT2D eigenvalue weighted by molar-refractivity contribution is 6.07. The van der Waals surface area contributed by atoms with Gasteiger partial charge in [0.2, 0.25) is 0 Å². The quantitative estimate of drug-likeness (QED) is 0.499. The maximum absolute atomic E-state index is 13.0. The molecule has 4 rings (SSSR count). The maximum atomic E-state index is 13.0. The van der Waals surface area contributed by atoms with Crippen LogP contribution in [0.4, 0.5) is 11.5 Å². The molecular weight excluding hydrogens is 360 g/mol. The molecule has 0 unspecified atom stereocenters. The van der Waals surface area contributed by atoms with E-state index in [0.717, 1.165) is 28.6 Å². The molecule has 2 aromatic carbocycles. The predicted octanol–water partition coefficient (Wildman–Crippen LogP) is 4.87. The van der Waals surface area contributed by atoms with Gasteiger partial charge in [0.15, 0.2) is 0 Å². The van der Waals surface area contributed by atoms with Crippen LogP contribution in [0, 0.1) is 0 Å². The van der Waals surface area contributed by atoms with Gasteiger partial charge in [-0.3, -0.25) is 9.78 Å². The van der Waals surface area contributed by atoms with Crippen LogP contribution in [-0.4, -0.2) is 15.9 Å². The van der Waals surface area contributed by atoms with Crippen molar-refractivity contribution in [2.45, 2.75) is 19.9 Å². The topological polar surface area (TPSA) is 66.9 Å². The SMILES string of the molecule is CCc1ccccc1Nc1cc(C(=O)NCc2cccnc2)c2ccccc2n1. The van der Waals surface area contributed by atoms with Gasteiger partial charge in [0.1, 0.15) is 5.82 Å². The van der Waals surface area contributed by atoms with Gasteiger partial charge in [-0.25, -0.2) is 4.98 Å². The van der Waals surface area contributed by atoms with Crippen molar-refractivity contribution >= 4 is 28.3 Å². The molecule has 0 fully saturated rings. The Balaban J connectivity index is 1.66. The minimum absolute atomic E-state index is 0.140. The summed E-state index contributed by atoms with van der Waals surface area (Å²) in [4.78, 5) is 21.8. The van der Waals surface area contributed by atoms with E-state index >= 15 is 0 Å². The fourth-order valence-electron chi connectivity index (χ4n) is 3.30. The van der Waals surface area contributed by atoms with Crippen LogP contribution >= 0.6 is 0 Å². The van der Waals surface area contributed by atoms with Gasteiger partial charge in [-0.2, -0.15) is 0 Å². The smallest absolute Gasteiger partial charge is 0.252 e. The van der Waals surface area contributed by atoms with Crippen LogP contribution in [0.3, 0.4) is 0 Å². The molecule has 2 N–H and O–H groups in total. The molecule has 0 spiro atoms. The lowest BCUT2D eigenvalue weighted by Gasteiger charge is -2.13. The zero-order valence-corrected chi connectivity index (χ0v) is 16.2. The molecule has 0 aliphatic heterocycles. The maximum Gasteiger partial charge on any atom is 0.252 e. The number of pyridine rings is 2. The number of aromatic nitrogens is 2. The molecule has 5 heteroatoms. The van der Waals surface area contributed by atoms with Crippen molar-refractivity contribution in [3.8, 4) is 0 Å². The standard InChI is InChI=1S/C24H22N4O/c1-2-18-9-3-5-11-21(18)27-23-14-20(19-10-4-6-12-22(19)28-23)24(29)26-16-17-8-7-13-25-15-17/h3-15H,2,16H2,1H3,(H,26,29)(H,27,28). The van der Waals surface area contributed by atoms with Gasteiger partial charge in [-0.1, -0.05) is 49.4 Å². The van der Waals surface area contributed by atoms with Crippen LogP contribution in [0.15, 0.2) is 79.1 Å². The molecular formula is C24H22N4O. The van der Waals surface area contributed by atoms with Crippen molar-refractivity contribution < 1.29 is 4.79 Å². The summed E-state index contributed by atoms with van der Waals surface area (Å²) in [7, 11) is 0. The van der Waals surface area contributed by atoms with Gasteiger partial charge in [0.25, 0.3) is 5.91 Å². The number of carbonyl (C=O) groups excluding carboxylic acids is 1. The molecule has 1 amide bonds. The summed E-state index contributed by atoms with van der Waals surface area (Å²) in [5, 5.41) is 7.19. The lowest BCUT2D eigenvalue weighted by atomic mass is 10.1. The summed E-state index contributed by atoms with van der Waals surface area (Å²) in [5.74, 6) is 0.510. The van der Waals surface area contributed by atoms with Crippen molar-refractivity contribution in [2.24, 2.45) is 0 Å². The number of hydrogen-bond acceptors (Lipinski definition) is 4. The minimum Gasteiger partial charge on any atom is -0.348 e. The Hall–Kier alpha value is -3.73. The summed E-state index contributed by atoms with van der Waals surface area (Å²) in [5.41, 5.74) is 4.52. The first-order valence-corrected chi connectivity index (χ1v) is 9.66. The Kier molecular flexibility index (Phi) is 5.47. The van der Waals surface area contributed by atoms with Gasteiger partial charge in [0, 0.05) is 30.0 Å².